The van der Waals surface area contributed by atoms with Crippen molar-refractivity contribution in [2.75, 3.05) is 0 Å². The van der Waals surface area contributed by atoms with Gasteiger partial charge < -0.3 is 9.67 Å². The summed E-state index contributed by atoms with van der Waals surface area (Å²) in [5.41, 5.74) is -0.608. The van der Waals surface area contributed by atoms with Crippen molar-refractivity contribution < 1.29 is 18.7 Å². The number of benzene rings is 1. The van der Waals surface area contributed by atoms with Crippen molar-refractivity contribution >= 4 is 16.9 Å². The van der Waals surface area contributed by atoms with Crippen LogP contribution in [0.1, 0.15) is 24.6 Å². The second kappa shape index (κ2) is 4.40. The van der Waals surface area contributed by atoms with Gasteiger partial charge in [0, 0.05) is 17.8 Å². The number of hydrogen-bond acceptors (Lipinski definition) is 2. The van der Waals surface area contributed by atoms with Gasteiger partial charge in [0.05, 0.1) is 17.3 Å². The number of halogens is 2. The molecule has 1 heterocycles. The molecule has 3 rings (SSSR count). The summed E-state index contributed by atoms with van der Waals surface area (Å²) in [5, 5.41) is 8.58. The Morgan fingerprint density at radius 1 is 1.30 bits per heavy atom. The van der Waals surface area contributed by atoms with Crippen molar-refractivity contribution in [1.82, 2.24) is 4.57 Å². The van der Waals surface area contributed by atoms with E-state index in [4.69, 9.17) is 5.11 Å². The van der Waals surface area contributed by atoms with E-state index in [1.165, 1.54) is 4.57 Å². The fraction of sp³-hybridized carbons (Fsp3) is 0.286. The van der Waals surface area contributed by atoms with Gasteiger partial charge in [0.15, 0.2) is 5.43 Å². The number of aliphatic carboxylic acids is 1. The van der Waals surface area contributed by atoms with Crippen LogP contribution in [0.15, 0.2) is 23.0 Å². The van der Waals surface area contributed by atoms with Gasteiger partial charge >= 0.3 is 5.97 Å². The summed E-state index contributed by atoms with van der Waals surface area (Å²) in [6.45, 7) is 0. The second-order valence-electron chi connectivity index (χ2n) is 4.92. The van der Waals surface area contributed by atoms with Crippen molar-refractivity contribution in [2.24, 2.45) is 0 Å². The van der Waals surface area contributed by atoms with Crippen LogP contribution in [-0.2, 0) is 11.2 Å². The van der Waals surface area contributed by atoms with Gasteiger partial charge in [-0.2, -0.15) is 0 Å². The predicted octanol–water partition coefficient (Wildman–Crippen LogP) is 2.24. The smallest absolute Gasteiger partial charge is 0.309 e. The maximum absolute atomic E-state index is 14.0. The third-order valence-electron chi connectivity index (χ3n) is 3.42. The van der Waals surface area contributed by atoms with E-state index in [0.717, 1.165) is 31.0 Å². The molecule has 1 aromatic carbocycles. The number of fused-ring (bicyclic) bond motifs is 1. The molecule has 0 spiro atoms. The minimum Gasteiger partial charge on any atom is -0.481 e. The lowest BCUT2D eigenvalue weighted by atomic mass is 10.1. The Labute approximate surface area is 112 Å². The SMILES string of the molecule is O=C(O)Cc1cc(=O)c2c(F)ccc(F)c2n1C1CC1. The lowest BCUT2D eigenvalue weighted by molar-refractivity contribution is -0.136. The number of carboxylic acids is 1. The monoisotopic (exact) mass is 279 g/mol. The normalized spacial score (nSPS) is 14.7. The van der Waals surface area contributed by atoms with E-state index in [-0.39, 0.29) is 22.6 Å². The number of carboxylic acid groups (broad SMARTS) is 1. The Morgan fingerprint density at radius 3 is 2.55 bits per heavy atom. The van der Waals surface area contributed by atoms with Crippen molar-refractivity contribution in [2.45, 2.75) is 25.3 Å². The molecule has 0 aliphatic heterocycles. The molecule has 1 fully saturated rings. The predicted molar refractivity (Wildman–Crippen MR) is 67.7 cm³/mol. The highest BCUT2D eigenvalue weighted by Gasteiger charge is 2.29. The van der Waals surface area contributed by atoms with Gasteiger partial charge in [-0.15, -0.1) is 0 Å². The largest absolute Gasteiger partial charge is 0.481 e. The summed E-state index contributed by atoms with van der Waals surface area (Å²) >= 11 is 0. The van der Waals surface area contributed by atoms with Crippen LogP contribution in [0.25, 0.3) is 10.9 Å². The molecule has 6 heteroatoms. The molecule has 20 heavy (non-hydrogen) atoms. The van der Waals surface area contributed by atoms with E-state index in [1.54, 1.807) is 0 Å². The summed E-state index contributed by atoms with van der Waals surface area (Å²) in [6, 6.07) is 2.90. The summed E-state index contributed by atoms with van der Waals surface area (Å²) in [7, 11) is 0. The highest BCUT2D eigenvalue weighted by molar-refractivity contribution is 5.82. The van der Waals surface area contributed by atoms with Crippen LogP contribution in [0.2, 0.25) is 0 Å². The fourth-order valence-electron chi connectivity index (χ4n) is 2.49. The maximum atomic E-state index is 14.0. The second-order valence-corrected chi connectivity index (χ2v) is 4.92. The lowest BCUT2D eigenvalue weighted by Gasteiger charge is -2.16. The first-order valence-electron chi connectivity index (χ1n) is 6.23. The first-order chi connectivity index (χ1) is 9.49. The molecule has 0 bridgehead atoms. The zero-order valence-electron chi connectivity index (χ0n) is 10.4. The number of nitrogens with zero attached hydrogens (tertiary/aromatic N) is 1. The van der Waals surface area contributed by atoms with Gasteiger partial charge in [-0.3, -0.25) is 9.59 Å². The Bertz CT molecular complexity index is 778. The standard InChI is InChI=1S/C14H11F2NO3/c15-9-3-4-10(16)14-13(9)11(18)5-8(6-12(19)20)17(14)7-1-2-7/h3-5,7H,1-2,6H2,(H,19,20). The topological polar surface area (TPSA) is 59.3 Å². The minimum atomic E-state index is -1.12. The van der Waals surface area contributed by atoms with E-state index >= 15 is 0 Å². The molecule has 1 aliphatic rings. The Kier molecular flexibility index (Phi) is 2.81. The molecular formula is C14H11F2NO3. The summed E-state index contributed by atoms with van der Waals surface area (Å²) in [6.07, 6.45) is 1.14. The first-order valence-corrected chi connectivity index (χ1v) is 6.23. The first kappa shape index (κ1) is 12.8. The van der Waals surface area contributed by atoms with Gasteiger partial charge in [-0.25, -0.2) is 8.78 Å². The summed E-state index contributed by atoms with van der Waals surface area (Å²) in [4.78, 5) is 22.8. The van der Waals surface area contributed by atoms with Crippen LogP contribution in [-0.4, -0.2) is 15.6 Å². The van der Waals surface area contributed by atoms with Gasteiger partial charge in [-0.1, -0.05) is 0 Å². The molecule has 0 saturated heterocycles. The molecule has 2 aromatic rings. The van der Waals surface area contributed by atoms with Crippen LogP contribution in [0.5, 0.6) is 0 Å². The van der Waals surface area contributed by atoms with Crippen LogP contribution in [0.4, 0.5) is 8.78 Å². The summed E-state index contributed by atoms with van der Waals surface area (Å²) < 4.78 is 29.3. The van der Waals surface area contributed by atoms with Crippen molar-refractivity contribution in [3.8, 4) is 0 Å². The molecule has 1 aromatic heterocycles. The number of pyridine rings is 1. The quantitative estimate of drug-likeness (QED) is 0.937. The molecule has 0 amide bonds. The van der Waals surface area contributed by atoms with E-state index in [2.05, 4.69) is 0 Å². The third kappa shape index (κ3) is 1.97. The van der Waals surface area contributed by atoms with Gasteiger partial charge in [0.25, 0.3) is 0 Å². The van der Waals surface area contributed by atoms with Crippen LogP contribution < -0.4 is 5.43 Å². The Morgan fingerprint density at radius 2 is 1.95 bits per heavy atom. The average molecular weight is 279 g/mol. The van der Waals surface area contributed by atoms with Crippen molar-refractivity contribution in [1.29, 1.82) is 0 Å². The molecule has 0 radical (unpaired) electrons. The zero-order valence-corrected chi connectivity index (χ0v) is 10.4. The number of aromatic nitrogens is 1. The molecule has 1 N–H and O–H groups in total. The third-order valence-corrected chi connectivity index (χ3v) is 3.42. The Hall–Kier alpha value is -2.24. The molecule has 0 atom stereocenters. The van der Waals surface area contributed by atoms with Gasteiger partial charge in [0.1, 0.15) is 11.6 Å². The van der Waals surface area contributed by atoms with E-state index in [1.807, 2.05) is 0 Å². The van der Waals surface area contributed by atoms with Crippen molar-refractivity contribution in [3.05, 3.63) is 45.8 Å². The Balaban J connectivity index is 2.42. The molecule has 4 nitrogen and oxygen atoms in total. The highest BCUT2D eigenvalue weighted by atomic mass is 19.1. The summed E-state index contributed by atoms with van der Waals surface area (Å²) in [5.74, 6) is -2.62. The minimum absolute atomic E-state index is 0.0660. The van der Waals surface area contributed by atoms with Gasteiger partial charge in [0.2, 0.25) is 0 Å². The van der Waals surface area contributed by atoms with Crippen LogP contribution in [0, 0.1) is 11.6 Å². The van der Waals surface area contributed by atoms with Crippen LogP contribution >= 0.6 is 0 Å². The van der Waals surface area contributed by atoms with E-state index in [9.17, 15) is 18.4 Å². The highest BCUT2D eigenvalue weighted by Crippen LogP contribution is 2.39. The van der Waals surface area contributed by atoms with E-state index < -0.39 is 29.5 Å². The van der Waals surface area contributed by atoms with Crippen LogP contribution in [0.3, 0.4) is 0 Å². The maximum Gasteiger partial charge on any atom is 0.309 e. The van der Waals surface area contributed by atoms with Crippen molar-refractivity contribution in [3.63, 3.8) is 0 Å². The molecule has 104 valence electrons. The molecule has 0 unspecified atom stereocenters. The fourth-order valence-corrected chi connectivity index (χ4v) is 2.49. The number of hydrogen-bond donors (Lipinski definition) is 1. The lowest BCUT2D eigenvalue weighted by Crippen LogP contribution is -2.18. The van der Waals surface area contributed by atoms with E-state index in [0.29, 0.717) is 0 Å². The zero-order chi connectivity index (χ0) is 14.4. The number of carbonyl (C=O) groups is 1. The molecular weight excluding hydrogens is 268 g/mol. The van der Waals surface area contributed by atoms with Gasteiger partial charge in [-0.05, 0) is 25.0 Å². The molecule has 1 aliphatic carbocycles. The number of rotatable bonds is 3. The molecule has 1 saturated carbocycles. The average Bonchev–Trinajstić information content (AvgIpc) is 3.17.